The number of ether oxygens (including phenoxy) is 1. The summed E-state index contributed by atoms with van der Waals surface area (Å²) in [5.74, 6) is 0.0684. The van der Waals surface area contributed by atoms with Gasteiger partial charge in [-0.05, 0) is 30.5 Å². The molecule has 0 aromatic heterocycles. The van der Waals surface area contributed by atoms with Crippen molar-refractivity contribution in [3.63, 3.8) is 0 Å². The van der Waals surface area contributed by atoms with Gasteiger partial charge in [0.15, 0.2) is 0 Å². The first-order chi connectivity index (χ1) is 12.9. The van der Waals surface area contributed by atoms with Crippen LogP contribution >= 0.6 is 0 Å². The summed E-state index contributed by atoms with van der Waals surface area (Å²) in [5.41, 5.74) is 1.03. The van der Waals surface area contributed by atoms with Gasteiger partial charge in [0.1, 0.15) is 11.5 Å². The summed E-state index contributed by atoms with van der Waals surface area (Å²) in [6.07, 6.45) is 9.42. The van der Waals surface area contributed by atoms with E-state index in [0.717, 1.165) is 37.0 Å². The van der Waals surface area contributed by atoms with Crippen molar-refractivity contribution in [2.75, 3.05) is 0 Å². The van der Waals surface area contributed by atoms with E-state index in [2.05, 4.69) is 6.92 Å². The van der Waals surface area contributed by atoms with Crippen LogP contribution in [0.1, 0.15) is 57.4 Å². The Morgan fingerprint density at radius 1 is 0.964 bits per heavy atom. The Morgan fingerprint density at radius 3 is 2.29 bits per heavy atom. The molecule has 0 bridgehead atoms. The fourth-order valence-corrected chi connectivity index (χ4v) is 3.55. The number of benzene rings is 2. The van der Waals surface area contributed by atoms with E-state index in [9.17, 15) is 13.5 Å². The zero-order chi connectivity index (χ0) is 19.7. The number of unbranched alkanes of at least 4 members (excludes halogenated alkanes) is 6. The zero-order valence-electron chi connectivity index (χ0n) is 16.7. The first-order valence-corrected chi connectivity index (χ1v) is 10.9. The van der Waals surface area contributed by atoms with Gasteiger partial charge in [-0.2, -0.15) is 8.42 Å². The average molecular weight is 431 g/mol. The Morgan fingerprint density at radius 2 is 1.61 bits per heavy atom. The normalized spacial score (nSPS) is 11.1. The number of hydrogen-bond donors (Lipinski definition) is 1. The summed E-state index contributed by atoms with van der Waals surface area (Å²) in [6.45, 7) is 2.21. The van der Waals surface area contributed by atoms with Crippen LogP contribution in [0.2, 0.25) is 0 Å². The average Bonchev–Trinajstić information content (AvgIpc) is 2.63. The predicted molar refractivity (Wildman–Crippen MR) is 104 cm³/mol. The van der Waals surface area contributed by atoms with E-state index in [-0.39, 0.29) is 57.1 Å². The van der Waals surface area contributed by atoms with Crippen LogP contribution in [-0.2, 0) is 16.5 Å². The molecule has 28 heavy (non-hydrogen) atoms. The summed E-state index contributed by atoms with van der Waals surface area (Å²) < 4.78 is 37.5. The molecule has 0 aliphatic heterocycles. The van der Waals surface area contributed by atoms with Gasteiger partial charge in [-0.15, -0.1) is 0 Å². The van der Waals surface area contributed by atoms with Crippen LogP contribution < -0.4 is 61.2 Å². The molecule has 5 nitrogen and oxygen atoms in total. The molecule has 0 spiro atoms. The summed E-state index contributed by atoms with van der Waals surface area (Å²) >= 11 is 0. The quantitative estimate of drug-likeness (QED) is 0.335. The van der Waals surface area contributed by atoms with E-state index >= 15 is 0 Å². The number of para-hydroxylation sites is 1. The van der Waals surface area contributed by atoms with Crippen LogP contribution in [0.4, 0.5) is 0 Å². The Bertz CT molecular complexity index is 836. The van der Waals surface area contributed by atoms with Gasteiger partial charge in [-0.25, -0.2) is 0 Å². The van der Waals surface area contributed by atoms with Crippen LogP contribution in [-0.4, -0.2) is 13.0 Å². The Hall–Kier alpha value is -0.414. The van der Waals surface area contributed by atoms with Crippen molar-refractivity contribution in [3.05, 3.63) is 48.0 Å². The molecule has 0 atom stereocenters. The molecule has 0 saturated carbocycles. The molecule has 0 radical (unpaired) electrons. The molecule has 148 valence electrons. The molecule has 0 amide bonds. The van der Waals surface area contributed by atoms with Crippen LogP contribution in [0.15, 0.2) is 47.4 Å². The molecule has 2 aromatic carbocycles. The second-order valence-electron chi connectivity index (χ2n) is 6.66. The molecular formula is C21H27KO5S. The molecule has 0 fully saturated rings. The minimum Gasteiger partial charge on any atom is -0.872 e. The Labute approximate surface area is 210 Å². The van der Waals surface area contributed by atoms with Crippen molar-refractivity contribution in [1.82, 2.24) is 0 Å². The van der Waals surface area contributed by atoms with E-state index in [1.165, 1.54) is 38.2 Å². The third kappa shape index (κ3) is 8.53. The van der Waals surface area contributed by atoms with Gasteiger partial charge in [0, 0.05) is 6.07 Å². The van der Waals surface area contributed by atoms with Crippen molar-refractivity contribution in [2.24, 2.45) is 0 Å². The van der Waals surface area contributed by atoms with E-state index in [0.29, 0.717) is 5.75 Å². The maximum absolute atomic E-state index is 11.6. The van der Waals surface area contributed by atoms with Crippen LogP contribution in [0.3, 0.4) is 0 Å². The van der Waals surface area contributed by atoms with Crippen LogP contribution in [0.25, 0.3) is 0 Å². The number of hydrogen-bond acceptors (Lipinski definition) is 4. The van der Waals surface area contributed by atoms with Crippen molar-refractivity contribution >= 4 is 10.1 Å². The Kier molecular flexibility index (Phi) is 11.9. The number of rotatable bonds is 11. The second kappa shape index (κ2) is 13.0. The van der Waals surface area contributed by atoms with Gasteiger partial charge in [-0.1, -0.05) is 75.5 Å². The van der Waals surface area contributed by atoms with Crippen molar-refractivity contribution in [2.45, 2.75) is 63.2 Å². The van der Waals surface area contributed by atoms with Gasteiger partial charge in [0.05, 0.1) is 4.90 Å². The predicted octanol–water partition coefficient (Wildman–Crippen LogP) is 2.10. The van der Waals surface area contributed by atoms with Gasteiger partial charge in [0.25, 0.3) is 10.1 Å². The van der Waals surface area contributed by atoms with Crippen molar-refractivity contribution in [1.29, 1.82) is 0 Å². The molecule has 7 heteroatoms. The topological polar surface area (TPSA) is 86.7 Å². The third-order valence-electron chi connectivity index (χ3n) is 4.44. The molecule has 1 N–H and O–H groups in total. The van der Waals surface area contributed by atoms with Gasteiger partial charge in [-0.3, -0.25) is 4.55 Å². The van der Waals surface area contributed by atoms with Gasteiger partial charge < -0.3 is 9.84 Å². The fourth-order valence-electron chi connectivity index (χ4n) is 2.96. The SMILES string of the molecule is CCCCCCCCCc1ccccc1Oc1ccc([O-])c(S(=O)(=O)O)c1.[K+]. The zero-order valence-corrected chi connectivity index (χ0v) is 20.6. The minimum absolute atomic E-state index is 0. The summed E-state index contributed by atoms with van der Waals surface area (Å²) in [4.78, 5) is -0.676. The fraction of sp³-hybridized carbons (Fsp3) is 0.429. The van der Waals surface area contributed by atoms with Gasteiger partial charge >= 0.3 is 51.4 Å². The molecular weight excluding hydrogens is 403 g/mol. The smallest absolute Gasteiger partial charge is 0.872 e. The first-order valence-electron chi connectivity index (χ1n) is 9.46. The van der Waals surface area contributed by atoms with E-state index in [1.807, 2.05) is 24.3 Å². The maximum Gasteiger partial charge on any atom is 1.00 e. The molecule has 0 heterocycles. The molecule has 0 unspecified atom stereocenters. The standard InChI is InChI=1S/C21H28O5S.K/c1-2-3-4-5-6-7-8-11-17-12-9-10-13-20(17)26-18-14-15-19(22)21(16-18)27(23,24)25;/h9-10,12-16,22H,2-8,11H2,1H3,(H,23,24,25);/q;+1/p-1. The van der Waals surface area contributed by atoms with Crippen molar-refractivity contribution < 1.29 is 74.2 Å². The summed E-state index contributed by atoms with van der Waals surface area (Å²) in [6, 6.07) is 11.1. The molecule has 0 aliphatic rings. The van der Waals surface area contributed by atoms with Gasteiger partial charge in [0.2, 0.25) is 0 Å². The molecule has 2 rings (SSSR count). The molecule has 0 saturated heterocycles. The maximum atomic E-state index is 11.6. The number of aryl methyl sites for hydroxylation is 1. The second-order valence-corrected chi connectivity index (χ2v) is 8.05. The van der Waals surface area contributed by atoms with E-state index in [1.54, 1.807) is 0 Å². The Balaban J connectivity index is 0.00000392. The molecule has 0 aliphatic carbocycles. The van der Waals surface area contributed by atoms with Crippen LogP contribution in [0, 0.1) is 0 Å². The van der Waals surface area contributed by atoms with Crippen molar-refractivity contribution in [3.8, 4) is 17.2 Å². The summed E-state index contributed by atoms with van der Waals surface area (Å²) in [7, 11) is -4.58. The monoisotopic (exact) mass is 430 g/mol. The first kappa shape index (κ1) is 25.6. The third-order valence-corrected chi connectivity index (χ3v) is 5.32. The molecule has 2 aromatic rings. The largest absolute Gasteiger partial charge is 1.00 e. The van der Waals surface area contributed by atoms with Crippen LogP contribution in [0.5, 0.6) is 17.2 Å². The van der Waals surface area contributed by atoms with E-state index in [4.69, 9.17) is 9.29 Å². The summed E-state index contributed by atoms with van der Waals surface area (Å²) in [5, 5.41) is 11.6. The van der Waals surface area contributed by atoms with E-state index < -0.39 is 20.8 Å². The minimum atomic E-state index is -4.58.